The van der Waals surface area contributed by atoms with Crippen molar-refractivity contribution in [1.29, 1.82) is 0 Å². The normalized spacial score (nSPS) is 13.3. The molecule has 0 aliphatic rings. The molecule has 0 heterocycles. The van der Waals surface area contributed by atoms with Gasteiger partial charge in [0.15, 0.2) is 0 Å². The van der Waals surface area contributed by atoms with Gasteiger partial charge in [-0.15, -0.1) is 0 Å². The second-order valence-electron chi connectivity index (χ2n) is 4.55. The maximum atomic E-state index is 12.5. The molecule has 2 aromatic rings. The van der Waals surface area contributed by atoms with Crippen molar-refractivity contribution in [2.75, 3.05) is 0 Å². The number of benzene rings is 2. The van der Waals surface area contributed by atoms with E-state index in [1.165, 1.54) is 12.1 Å². The van der Waals surface area contributed by atoms with Crippen LogP contribution in [0.1, 0.15) is 28.3 Å². The van der Waals surface area contributed by atoms with Crippen molar-refractivity contribution in [3.8, 4) is 0 Å². The molecule has 2 rings (SSSR count). The molecule has 0 fully saturated rings. The van der Waals surface area contributed by atoms with Crippen LogP contribution in [0, 0.1) is 6.92 Å². The first-order chi connectivity index (χ1) is 9.30. The van der Waals surface area contributed by atoms with Gasteiger partial charge in [-0.05, 0) is 41.8 Å². The third-order valence-corrected chi connectivity index (χ3v) is 3.65. The van der Waals surface area contributed by atoms with Gasteiger partial charge in [0.1, 0.15) is 0 Å². The zero-order valence-electron chi connectivity index (χ0n) is 10.7. The highest BCUT2D eigenvalue weighted by molar-refractivity contribution is 6.31. The van der Waals surface area contributed by atoms with Crippen LogP contribution in [0.2, 0.25) is 5.02 Å². The molecule has 2 N–H and O–H groups in total. The maximum absolute atomic E-state index is 12.5. The van der Waals surface area contributed by atoms with E-state index in [-0.39, 0.29) is 0 Å². The Hall–Kier alpha value is -1.52. The first-order valence-electron chi connectivity index (χ1n) is 5.98. The van der Waals surface area contributed by atoms with Crippen LogP contribution >= 0.6 is 11.6 Å². The molecule has 0 bridgehead atoms. The lowest BCUT2D eigenvalue weighted by atomic mass is 9.95. The van der Waals surface area contributed by atoms with Crippen molar-refractivity contribution >= 4 is 11.6 Å². The third kappa shape index (κ3) is 2.97. The molecule has 0 saturated heterocycles. The summed E-state index contributed by atoms with van der Waals surface area (Å²) in [6, 6.07) is 9.71. The third-order valence-electron chi connectivity index (χ3n) is 3.24. The van der Waals surface area contributed by atoms with Crippen molar-refractivity contribution < 1.29 is 13.2 Å². The fourth-order valence-electron chi connectivity index (χ4n) is 2.02. The topological polar surface area (TPSA) is 26.0 Å². The summed E-state index contributed by atoms with van der Waals surface area (Å²) < 4.78 is 37.5. The van der Waals surface area contributed by atoms with Gasteiger partial charge in [0, 0.05) is 5.02 Å². The molecule has 0 spiro atoms. The Kier molecular flexibility index (Phi) is 4.06. The van der Waals surface area contributed by atoms with E-state index < -0.39 is 17.8 Å². The summed E-state index contributed by atoms with van der Waals surface area (Å²) in [6.45, 7) is 1.83. The lowest BCUT2D eigenvalue weighted by Crippen LogP contribution is -2.14. The fraction of sp³-hybridized carbons (Fsp3) is 0.200. The van der Waals surface area contributed by atoms with Crippen molar-refractivity contribution in [1.82, 2.24) is 0 Å². The Morgan fingerprint density at radius 3 is 2.20 bits per heavy atom. The minimum Gasteiger partial charge on any atom is -0.320 e. The number of halogens is 4. The van der Waals surface area contributed by atoms with E-state index in [0.29, 0.717) is 10.6 Å². The van der Waals surface area contributed by atoms with Gasteiger partial charge in [-0.25, -0.2) is 0 Å². The summed E-state index contributed by atoms with van der Waals surface area (Å²) in [6.07, 6.45) is -4.34. The standard InChI is InChI=1S/C15H13ClF3N/c1-9-12(3-2-4-13(9)16)14(20)10-5-7-11(8-6-10)15(17,18)19/h2-8,14H,20H2,1H3. The van der Waals surface area contributed by atoms with E-state index in [0.717, 1.165) is 23.3 Å². The Labute approximate surface area is 120 Å². The molecular weight excluding hydrogens is 287 g/mol. The van der Waals surface area contributed by atoms with E-state index in [4.69, 9.17) is 17.3 Å². The molecule has 2 aromatic carbocycles. The zero-order chi connectivity index (χ0) is 14.9. The van der Waals surface area contributed by atoms with E-state index in [1.54, 1.807) is 12.1 Å². The van der Waals surface area contributed by atoms with E-state index >= 15 is 0 Å². The minimum absolute atomic E-state index is 0.504. The predicted octanol–water partition coefficient (Wildman–Crippen LogP) is 4.72. The van der Waals surface area contributed by atoms with Gasteiger partial charge in [-0.3, -0.25) is 0 Å². The first-order valence-corrected chi connectivity index (χ1v) is 6.36. The summed E-state index contributed by atoms with van der Waals surface area (Å²) >= 11 is 6.03. The Morgan fingerprint density at radius 2 is 1.65 bits per heavy atom. The molecule has 0 amide bonds. The predicted molar refractivity (Wildman–Crippen MR) is 73.7 cm³/mol. The van der Waals surface area contributed by atoms with Gasteiger partial charge in [0.05, 0.1) is 11.6 Å². The van der Waals surface area contributed by atoms with Gasteiger partial charge in [0.2, 0.25) is 0 Å². The van der Waals surface area contributed by atoms with E-state index in [9.17, 15) is 13.2 Å². The molecule has 1 atom stereocenters. The summed E-state index contributed by atoms with van der Waals surface area (Å²) in [4.78, 5) is 0. The van der Waals surface area contributed by atoms with Crippen LogP contribution < -0.4 is 5.73 Å². The number of hydrogen-bond donors (Lipinski definition) is 1. The van der Waals surface area contributed by atoms with E-state index in [2.05, 4.69) is 0 Å². The monoisotopic (exact) mass is 299 g/mol. The quantitative estimate of drug-likeness (QED) is 0.853. The average Bonchev–Trinajstić information content (AvgIpc) is 2.40. The van der Waals surface area contributed by atoms with Gasteiger partial charge < -0.3 is 5.73 Å². The lowest BCUT2D eigenvalue weighted by Gasteiger charge is -2.17. The van der Waals surface area contributed by atoms with Crippen molar-refractivity contribution in [2.45, 2.75) is 19.1 Å². The van der Waals surface area contributed by atoms with Gasteiger partial charge in [-0.2, -0.15) is 13.2 Å². The van der Waals surface area contributed by atoms with Gasteiger partial charge in [-0.1, -0.05) is 35.9 Å². The summed E-state index contributed by atoms with van der Waals surface area (Å²) in [5, 5.41) is 0.588. The maximum Gasteiger partial charge on any atom is 0.416 e. The highest BCUT2D eigenvalue weighted by Gasteiger charge is 2.30. The Bertz CT molecular complexity index is 606. The lowest BCUT2D eigenvalue weighted by molar-refractivity contribution is -0.137. The Balaban J connectivity index is 2.34. The van der Waals surface area contributed by atoms with Crippen LogP contribution in [-0.4, -0.2) is 0 Å². The molecule has 20 heavy (non-hydrogen) atoms. The second-order valence-corrected chi connectivity index (χ2v) is 4.96. The van der Waals surface area contributed by atoms with Crippen LogP contribution in [0.25, 0.3) is 0 Å². The molecule has 0 aliphatic carbocycles. The molecule has 0 radical (unpaired) electrons. The van der Waals surface area contributed by atoms with Crippen molar-refractivity contribution in [3.63, 3.8) is 0 Å². The molecule has 1 nitrogen and oxygen atoms in total. The number of hydrogen-bond acceptors (Lipinski definition) is 1. The molecular formula is C15H13ClF3N. The smallest absolute Gasteiger partial charge is 0.320 e. The molecule has 0 saturated carbocycles. The van der Waals surface area contributed by atoms with E-state index in [1.807, 2.05) is 13.0 Å². The average molecular weight is 300 g/mol. The number of nitrogens with two attached hydrogens (primary N) is 1. The highest BCUT2D eigenvalue weighted by Crippen LogP contribution is 2.31. The summed E-state index contributed by atoms with van der Waals surface area (Å²) in [5.41, 5.74) is 7.67. The first kappa shape index (κ1) is 14.9. The zero-order valence-corrected chi connectivity index (χ0v) is 11.5. The molecule has 5 heteroatoms. The van der Waals surface area contributed by atoms with Crippen molar-refractivity contribution in [3.05, 3.63) is 69.7 Å². The summed E-state index contributed by atoms with van der Waals surface area (Å²) in [7, 11) is 0. The SMILES string of the molecule is Cc1c(Cl)cccc1C(N)c1ccc(C(F)(F)F)cc1. The fourth-order valence-corrected chi connectivity index (χ4v) is 2.20. The number of alkyl halides is 3. The van der Waals surface area contributed by atoms with Gasteiger partial charge in [0.25, 0.3) is 0 Å². The largest absolute Gasteiger partial charge is 0.416 e. The summed E-state index contributed by atoms with van der Waals surface area (Å²) in [5.74, 6) is 0. The van der Waals surface area contributed by atoms with Crippen LogP contribution in [0.5, 0.6) is 0 Å². The Morgan fingerprint density at radius 1 is 1.05 bits per heavy atom. The second kappa shape index (κ2) is 5.46. The highest BCUT2D eigenvalue weighted by atomic mass is 35.5. The van der Waals surface area contributed by atoms with Crippen LogP contribution in [0.15, 0.2) is 42.5 Å². The molecule has 0 aromatic heterocycles. The molecule has 0 aliphatic heterocycles. The molecule has 1 unspecified atom stereocenters. The molecule has 106 valence electrons. The minimum atomic E-state index is -4.34. The van der Waals surface area contributed by atoms with Crippen LogP contribution in [0.3, 0.4) is 0 Å². The van der Waals surface area contributed by atoms with Crippen molar-refractivity contribution in [2.24, 2.45) is 5.73 Å². The van der Waals surface area contributed by atoms with Gasteiger partial charge >= 0.3 is 6.18 Å². The van der Waals surface area contributed by atoms with Crippen LogP contribution in [-0.2, 0) is 6.18 Å². The number of rotatable bonds is 2. The van der Waals surface area contributed by atoms with Crippen LogP contribution in [0.4, 0.5) is 13.2 Å².